The van der Waals surface area contributed by atoms with Crippen molar-refractivity contribution in [2.75, 3.05) is 13.6 Å². The van der Waals surface area contributed by atoms with Crippen molar-refractivity contribution >= 4 is 12.0 Å². The van der Waals surface area contributed by atoms with Crippen molar-refractivity contribution in [2.45, 2.75) is 19.9 Å². The molecular weight excluding hydrogens is 236 g/mol. The lowest BCUT2D eigenvalue weighted by atomic mass is 10.4. The van der Waals surface area contributed by atoms with E-state index in [2.05, 4.69) is 15.3 Å². The average Bonchev–Trinajstić information content (AvgIpc) is 2.34. The Labute approximate surface area is 105 Å². The molecule has 0 radical (unpaired) electrons. The number of nitrogens with one attached hydrogen (secondary N) is 1. The number of carboxylic acid groups (broad SMARTS) is 1. The van der Waals surface area contributed by atoms with Crippen molar-refractivity contribution in [1.82, 2.24) is 20.2 Å². The van der Waals surface area contributed by atoms with E-state index in [0.717, 1.165) is 5.69 Å². The van der Waals surface area contributed by atoms with E-state index < -0.39 is 5.97 Å². The first-order chi connectivity index (χ1) is 8.49. The lowest BCUT2D eigenvalue weighted by Gasteiger charge is -2.16. The summed E-state index contributed by atoms with van der Waals surface area (Å²) in [6, 6.07) is -0.335. The number of urea groups is 1. The summed E-state index contributed by atoms with van der Waals surface area (Å²) < 4.78 is 0. The van der Waals surface area contributed by atoms with Gasteiger partial charge in [0.1, 0.15) is 0 Å². The van der Waals surface area contributed by atoms with Crippen molar-refractivity contribution in [3.05, 3.63) is 23.8 Å². The highest BCUT2D eigenvalue weighted by Crippen LogP contribution is 1.95. The number of carbonyl (C=O) groups is 2. The van der Waals surface area contributed by atoms with E-state index in [9.17, 15) is 9.59 Å². The molecule has 0 aromatic carbocycles. The van der Waals surface area contributed by atoms with Gasteiger partial charge in [0.25, 0.3) is 0 Å². The molecule has 2 amide bonds. The third-order valence-corrected chi connectivity index (χ3v) is 2.26. The molecule has 0 aliphatic heterocycles. The maximum Gasteiger partial charge on any atom is 0.317 e. The number of hydrogen-bond acceptors (Lipinski definition) is 4. The first kappa shape index (κ1) is 13.9. The Kier molecular flexibility index (Phi) is 5.04. The molecule has 0 unspecified atom stereocenters. The van der Waals surface area contributed by atoms with E-state index in [1.165, 1.54) is 4.90 Å². The van der Waals surface area contributed by atoms with Crippen LogP contribution in [0.15, 0.2) is 12.4 Å². The smallest absolute Gasteiger partial charge is 0.317 e. The van der Waals surface area contributed by atoms with Crippen molar-refractivity contribution in [3.8, 4) is 0 Å². The molecule has 0 saturated carbocycles. The quantitative estimate of drug-likeness (QED) is 0.791. The number of carboxylic acids is 1. The molecule has 7 heteroatoms. The van der Waals surface area contributed by atoms with Crippen LogP contribution in [0.5, 0.6) is 0 Å². The van der Waals surface area contributed by atoms with Gasteiger partial charge in [0.05, 0.1) is 30.6 Å². The third kappa shape index (κ3) is 4.77. The molecule has 0 fully saturated rings. The maximum absolute atomic E-state index is 11.6. The first-order valence-electron chi connectivity index (χ1n) is 5.47. The van der Waals surface area contributed by atoms with Crippen LogP contribution in [-0.2, 0) is 11.3 Å². The molecule has 1 rings (SSSR count). The zero-order chi connectivity index (χ0) is 13.5. The van der Waals surface area contributed by atoms with Crippen molar-refractivity contribution in [2.24, 2.45) is 0 Å². The zero-order valence-corrected chi connectivity index (χ0v) is 10.4. The molecule has 7 nitrogen and oxygen atoms in total. The molecule has 98 valence electrons. The van der Waals surface area contributed by atoms with E-state index in [1.54, 1.807) is 19.4 Å². The number of nitrogens with zero attached hydrogens (tertiary/aromatic N) is 3. The second kappa shape index (κ2) is 6.53. The molecule has 1 aromatic heterocycles. The lowest BCUT2D eigenvalue weighted by Crippen LogP contribution is -2.38. The number of aromatic nitrogens is 2. The predicted octanol–water partition coefficient (Wildman–Crippen LogP) is 0.401. The van der Waals surface area contributed by atoms with Crippen LogP contribution in [0.2, 0.25) is 0 Å². The standard InChI is InChI=1S/C11H16N4O3/c1-8-5-13-9(6-12-8)7-14-11(18)15(2)4-3-10(16)17/h5-6H,3-4,7H2,1-2H3,(H,14,18)(H,16,17). The van der Waals surface area contributed by atoms with Gasteiger partial charge in [-0.2, -0.15) is 0 Å². The van der Waals surface area contributed by atoms with E-state index in [-0.39, 0.29) is 25.5 Å². The van der Waals surface area contributed by atoms with Crippen LogP contribution in [0.3, 0.4) is 0 Å². The number of carbonyl (C=O) groups excluding carboxylic acids is 1. The second-order valence-corrected chi connectivity index (χ2v) is 3.87. The molecule has 1 heterocycles. The molecule has 0 atom stereocenters. The fourth-order valence-corrected chi connectivity index (χ4v) is 1.18. The van der Waals surface area contributed by atoms with E-state index >= 15 is 0 Å². The van der Waals surface area contributed by atoms with Crippen LogP contribution in [0.25, 0.3) is 0 Å². The summed E-state index contributed by atoms with van der Waals surface area (Å²) in [6.45, 7) is 2.26. The van der Waals surface area contributed by atoms with Crippen molar-refractivity contribution in [1.29, 1.82) is 0 Å². The molecule has 0 bridgehead atoms. The molecule has 18 heavy (non-hydrogen) atoms. The van der Waals surface area contributed by atoms with Gasteiger partial charge in [-0.1, -0.05) is 0 Å². The van der Waals surface area contributed by atoms with Crippen LogP contribution in [0.4, 0.5) is 4.79 Å². The number of aliphatic carboxylic acids is 1. The topological polar surface area (TPSA) is 95.4 Å². The summed E-state index contributed by atoms with van der Waals surface area (Å²) in [6.07, 6.45) is 3.14. The van der Waals surface area contributed by atoms with Gasteiger partial charge < -0.3 is 15.3 Å². The van der Waals surface area contributed by atoms with Gasteiger partial charge in [0.15, 0.2) is 0 Å². The lowest BCUT2D eigenvalue weighted by molar-refractivity contribution is -0.137. The molecule has 0 aliphatic rings. The highest BCUT2D eigenvalue weighted by Gasteiger charge is 2.09. The maximum atomic E-state index is 11.6. The van der Waals surface area contributed by atoms with Crippen LogP contribution in [0.1, 0.15) is 17.8 Å². The van der Waals surface area contributed by atoms with Crippen LogP contribution in [0, 0.1) is 6.92 Å². The second-order valence-electron chi connectivity index (χ2n) is 3.87. The Bertz CT molecular complexity index is 419. The monoisotopic (exact) mass is 252 g/mol. The summed E-state index contributed by atoms with van der Waals surface area (Å²) >= 11 is 0. The molecular formula is C11H16N4O3. The Hall–Kier alpha value is -2.18. The summed E-state index contributed by atoms with van der Waals surface area (Å²) in [4.78, 5) is 31.4. The largest absolute Gasteiger partial charge is 0.481 e. The van der Waals surface area contributed by atoms with Crippen molar-refractivity contribution in [3.63, 3.8) is 0 Å². The predicted molar refractivity (Wildman–Crippen MR) is 63.9 cm³/mol. The minimum Gasteiger partial charge on any atom is -0.481 e. The Morgan fingerprint density at radius 3 is 2.67 bits per heavy atom. The molecule has 2 N–H and O–H groups in total. The van der Waals surface area contributed by atoms with Gasteiger partial charge in [0.2, 0.25) is 0 Å². The number of aryl methyl sites for hydroxylation is 1. The Morgan fingerprint density at radius 1 is 1.39 bits per heavy atom. The fourth-order valence-electron chi connectivity index (χ4n) is 1.18. The highest BCUT2D eigenvalue weighted by atomic mass is 16.4. The first-order valence-corrected chi connectivity index (χ1v) is 5.47. The zero-order valence-electron chi connectivity index (χ0n) is 10.4. The average molecular weight is 252 g/mol. The summed E-state index contributed by atoms with van der Waals surface area (Å²) in [5.41, 5.74) is 1.46. The SMILES string of the molecule is Cc1cnc(CNC(=O)N(C)CCC(=O)O)cn1. The molecule has 0 aliphatic carbocycles. The Balaban J connectivity index is 2.36. The molecule has 0 spiro atoms. The van der Waals surface area contributed by atoms with Crippen molar-refractivity contribution < 1.29 is 14.7 Å². The summed E-state index contributed by atoms with van der Waals surface area (Å²) in [5, 5.41) is 11.1. The van der Waals surface area contributed by atoms with Crippen LogP contribution in [-0.4, -0.2) is 45.6 Å². The molecule has 1 aromatic rings. The van der Waals surface area contributed by atoms with Crippen LogP contribution >= 0.6 is 0 Å². The normalized spacial score (nSPS) is 9.89. The van der Waals surface area contributed by atoms with E-state index in [0.29, 0.717) is 5.69 Å². The summed E-state index contributed by atoms with van der Waals surface area (Å²) in [5.74, 6) is -0.931. The number of hydrogen-bond donors (Lipinski definition) is 2. The third-order valence-electron chi connectivity index (χ3n) is 2.26. The fraction of sp³-hybridized carbons (Fsp3) is 0.455. The summed E-state index contributed by atoms with van der Waals surface area (Å²) in [7, 11) is 1.54. The Morgan fingerprint density at radius 2 is 2.11 bits per heavy atom. The van der Waals surface area contributed by atoms with E-state index in [4.69, 9.17) is 5.11 Å². The minimum atomic E-state index is -0.931. The molecule has 0 saturated heterocycles. The highest BCUT2D eigenvalue weighted by molar-refractivity contribution is 5.74. The van der Waals surface area contributed by atoms with Gasteiger partial charge in [0, 0.05) is 19.8 Å². The van der Waals surface area contributed by atoms with E-state index in [1.807, 2.05) is 6.92 Å². The van der Waals surface area contributed by atoms with Crippen LogP contribution < -0.4 is 5.32 Å². The number of amides is 2. The van der Waals surface area contributed by atoms with Gasteiger partial charge in [-0.25, -0.2) is 4.79 Å². The van der Waals surface area contributed by atoms with Gasteiger partial charge in [-0.15, -0.1) is 0 Å². The van der Waals surface area contributed by atoms with Gasteiger partial charge in [-0.3, -0.25) is 14.8 Å². The van der Waals surface area contributed by atoms with Gasteiger partial charge >= 0.3 is 12.0 Å². The number of rotatable bonds is 5. The minimum absolute atomic E-state index is 0.0751. The van der Waals surface area contributed by atoms with Gasteiger partial charge in [-0.05, 0) is 6.92 Å².